The minimum atomic E-state index is -0.685. The maximum absolute atomic E-state index is 13.1. The number of carbonyl (C=O) groups is 1. The van der Waals surface area contributed by atoms with E-state index in [1.54, 1.807) is 0 Å². The summed E-state index contributed by atoms with van der Waals surface area (Å²) in [5, 5.41) is 9.03. The highest BCUT2D eigenvalue weighted by Gasteiger charge is 2.28. The van der Waals surface area contributed by atoms with Crippen molar-refractivity contribution in [2.24, 2.45) is 0 Å². The number of hydrogen-bond acceptors (Lipinski definition) is 5. The number of hydrogen-bond donors (Lipinski definition) is 0. The number of esters is 1. The maximum atomic E-state index is 13.1. The molecule has 1 fully saturated rings. The zero-order valence-corrected chi connectivity index (χ0v) is 10.4. The van der Waals surface area contributed by atoms with Crippen LogP contribution in [0.2, 0.25) is 0 Å². The van der Waals surface area contributed by atoms with Crippen LogP contribution in [-0.4, -0.2) is 38.9 Å². The summed E-state index contributed by atoms with van der Waals surface area (Å²) >= 11 is 0. The second-order valence-corrected chi connectivity index (χ2v) is 4.10. The van der Waals surface area contributed by atoms with Gasteiger partial charge in [-0.05, 0) is 18.2 Å². The molecule has 6 heteroatoms. The van der Waals surface area contributed by atoms with E-state index in [1.165, 1.54) is 25.3 Å². The Hall–Kier alpha value is -2.13. The number of halogens is 1. The van der Waals surface area contributed by atoms with E-state index in [1.807, 2.05) is 11.0 Å². The van der Waals surface area contributed by atoms with E-state index in [4.69, 9.17) is 10.00 Å². The fourth-order valence-corrected chi connectivity index (χ4v) is 2.02. The topological polar surface area (TPSA) is 62.6 Å². The van der Waals surface area contributed by atoms with Gasteiger partial charge in [-0.25, -0.2) is 9.18 Å². The van der Waals surface area contributed by atoms with Gasteiger partial charge in [0, 0.05) is 6.54 Å². The molecule has 0 bridgehead atoms. The number of methoxy groups -OCH3 is 1. The standard InChI is InChI=1S/C13H13FN2O3/c1-18-13(17)12-8-16(4-5-19-12)11-3-2-10(14)6-9(11)7-15/h2-3,6,12H,4-5,8H2,1H3. The molecule has 19 heavy (non-hydrogen) atoms. The Labute approximate surface area is 110 Å². The Morgan fingerprint density at radius 2 is 2.42 bits per heavy atom. The predicted octanol–water partition coefficient (Wildman–Crippen LogP) is 1.08. The Morgan fingerprint density at radius 1 is 1.63 bits per heavy atom. The molecule has 0 aliphatic carbocycles. The van der Waals surface area contributed by atoms with Gasteiger partial charge in [-0.1, -0.05) is 0 Å². The van der Waals surface area contributed by atoms with E-state index in [2.05, 4.69) is 4.74 Å². The maximum Gasteiger partial charge on any atom is 0.336 e. The van der Waals surface area contributed by atoms with Crippen molar-refractivity contribution in [2.75, 3.05) is 31.7 Å². The Balaban J connectivity index is 2.22. The molecule has 0 saturated carbocycles. The molecule has 1 heterocycles. The van der Waals surface area contributed by atoms with Crippen LogP contribution < -0.4 is 4.90 Å². The van der Waals surface area contributed by atoms with Gasteiger partial charge in [0.2, 0.25) is 0 Å². The van der Waals surface area contributed by atoms with Gasteiger partial charge in [0.05, 0.1) is 31.5 Å². The lowest BCUT2D eigenvalue weighted by molar-refractivity contribution is -0.154. The van der Waals surface area contributed by atoms with E-state index in [0.29, 0.717) is 18.8 Å². The van der Waals surface area contributed by atoms with Gasteiger partial charge >= 0.3 is 5.97 Å². The van der Waals surface area contributed by atoms with E-state index in [-0.39, 0.29) is 12.1 Å². The molecule has 0 N–H and O–H groups in total. The molecule has 1 unspecified atom stereocenters. The van der Waals surface area contributed by atoms with Crippen LogP contribution in [0.25, 0.3) is 0 Å². The van der Waals surface area contributed by atoms with Crippen LogP contribution in [-0.2, 0) is 14.3 Å². The lowest BCUT2D eigenvalue weighted by Gasteiger charge is -2.33. The third-order valence-corrected chi connectivity index (χ3v) is 2.95. The smallest absolute Gasteiger partial charge is 0.336 e. The SMILES string of the molecule is COC(=O)C1CN(c2ccc(F)cc2C#N)CCO1. The third kappa shape index (κ3) is 2.83. The molecule has 1 saturated heterocycles. The quantitative estimate of drug-likeness (QED) is 0.748. The van der Waals surface area contributed by atoms with Crippen LogP contribution in [0.15, 0.2) is 18.2 Å². The van der Waals surface area contributed by atoms with Gasteiger partial charge < -0.3 is 14.4 Å². The average molecular weight is 264 g/mol. The zero-order chi connectivity index (χ0) is 13.8. The second kappa shape index (κ2) is 5.67. The normalized spacial score (nSPS) is 18.8. The average Bonchev–Trinajstić information content (AvgIpc) is 2.46. The van der Waals surface area contributed by atoms with Crippen molar-refractivity contribution in [3.63, 3.8) is 0 Å². The molecule has 0 aromatic heterocycles. The van der Waals surface area contributed by atoms with Crippen LogP contribution in [0.3, 0.4) is 0 Å². The second-order valence-electron chi connectivity index (χ2n) is 4.10. The lowest BCUT2D eigenvalue weighted by Crippen LogP contribution is -2.46. The molecule has 1 atom stereocenters. The van der Waals surface area contributed by atoms with Gasteiger partial charge in [0.25, 0.3) is 0 Å². The molecule has 2 rings (SSSR count). The van der Waals surface area contributed by atoms with Crippen molar-refractivity contribution in [3.8, 4) is 6.07 Å². The Kier molecular flexibility index (Phi) is 3.97. The molecular weight excluding hydrogens is 251 g/mol. The minimum absolute atomic E-state index is 0.241. The third-order valence-electron chi connectivity index (χ3n) is 2.95. The number of morpholine rings is 1. The van der Waals surface area contributed by atoms with E-state index in [9.17, 15) is 9.18 Å². The molecule has 1 aromatic rings. The minimum Gasteiger partial charge on any atom is -0.467 e. The number of anilines is 1. The van der Waals surface area contributed by atoms with Gasteiger partial charge in [-0.2, -0.15) is 5.26 Å². The number of benzene rings is 1. The van der Waals surface area contributed by atoms with Crippen LogP contribution >= 0.6 is 0 Å². The van der Waals surface area contributed by atoms with E-state index in [0.717, 1.165) is 0 Å². The van der Waals surface area contributed by atoms with Crippen LogP contribution in [0, 0.1) is 17.1 Å². The first kappa shape index (κ1) is 13.3. The highest BCUT2D eigenvalue weighted by Crippen LogP contribution is 2.23. The molecule has 5 nitrogen and oxygen atoms in total. The largest absolute Gasteiger partial charge is 0.467 e. The number of nitrogens with zero attached hydrogens (tertiary/aromatic N) is 2. The summed E-state index contributed by atoms with van der Waals surface area (Å²) in [6, 6.07) is 5.96. The molecule has 1 aromatic carbocycles. The lowest BCUT2D eigenvalue weighted by atomic mass is 10.1. The fourth-order valence-electron chi connectivity index (χ4n) is 2.02. The summed E-state index contributed by atoms with van der Waals surface area (Å²) in [7, 11) is 1.29. The first-order valence-electron chi connectivity index (χ1n) is 5.79. The van der Waals surface area contributed by atoms with Crippen molar-refractivity contribution in [3.05, 3.63) is 29.6 Å². The number of rotatable bonds is 2. The Bertz CT molecular complexity index is 527. The summed E-state index contributed by atoms with van der Waals surface area (Å²) in [6.07, 6.45) is -0.685. The zero-order valence-electron chi connectivity index (χ0n) is 10.4. The Morgan fingerprint density at radius 3 is 3.11 bits per heavy atom. The monoisotopic (exact) mass is 264 g/mol. The molecule has 100 valence electrons. The molecule has 1 aliphatic heterocycles. The van der Waals surface area contributed by atoms with Gasteiger partial charge in [-0.15, -0.1) is 0 Å². The van der Waals surface area contributed by atoms with Crippen molar-refractivity contribution < 1.29 is 18.7 Å². The first-order chi connectivity index (χ1) is 9.15. The molecule has 0 radical (unpaired) electrons. The van der Waals surface area contributed by atoms with Crippen molar-refractivity contribution in [1.82, 2.24) is 0 Å². The van der Waals surface area contributed by atoms with E-state index >= 15 is 0 Å². The van der Waals surface area contributed by atoms with Crippen molar-refractivity contribution in [1.29, 1.82) is 5.26 Å². The summed E-state index contributed by atoms with van der Waals surface area (Å²) in [5.41, 5.74) is 0.839. The molecular formula is C13H13FN2O3. The van der Waals surface area contributed by atoms with Crippen LogP contribution in [0.5, 0.6) is 0 Å². The molecule has 0 amide bonds. The van der Waals surface area contributed by atoms with E-state index < -0.39 is 17.9 Å². The number of carbonyl (C=O) groups excluding carboxylic acids is 1. The summed E-state index contributed by atoms with van der Waals surface area (Å²) in [6.45, 7) is 1.17. The number of ether oxygens (including phenoxy) is 2. The molecule has 1 aliphatic rings. The number of nitriles is 1. The van der Waals surface area contributed by atoms with Crippen molar-refractivity contribution in [2.45, 2.75) is 6.10 Å². The van der Waals surface area contributed by atoms with Gasteiger partial charge in [-0.3, -0.25) is 0 Å². The van der Waals surface area contributed by atoms with Crippen LogP contribution in [0.4, 0.5) is 10.1 Å². The first-order valence-corrected chi connectivity index (χ1v) is 5.79. The summed E-state index contributed by atoms with van der Waals surface area (Å²) in [4.78, 5) is 13.3. The highest BCUT2D eigenvalue weighted by atomic mass is 19.1. The highest BCUT2D eigenvalue weighted by molar-refractivity contribution is 5.76. The van der Waals surface area contributed by atoms with Crippen molar-refractivity contribution >= 4 is 11.7 Å². The summed E-state index contributed by atoms with van der Waals surface area (Å²) < 4.78 is 23.0. The van der Waals surface area contributed by atoms with Crippen LogP contribution in [0.1, 0.15) is 5.56 Å². The molecule has 0 spiro atoms. The summed E-state index contributed by atoms with van der Waals surface area (Å²) in [5.74, 6) is -0.914. The fraction of sp³-hybridized carbons (Fsp3) is 0.385. The van der Waals surface area contributed by atoms with Gasteiger partial charge in [0.15, 0.2) is 6.10 Å². The predicted molar refractivity (Wildman–Crippen MR) is 65.1 cm³/mol. The van der Waals surface area contributed by atoms with Gasteiger partial charge in [0.1, 0.15) is 11.9 Å².